The Labute approximate surface area is 107 Å². The van der Waals surface area contributed by atoms with Crippen molar-refractivity contribution in [2.75, 3.05) is 0 Å². The summed E-state index contributed by atoms with van der Waals surface area (Å²) in [5.74, 6) is 0. The predicted octanol–water partition coefficient (Wildman–Crippen LogP) is 5.14. The first-order chi connectivity index (χ1) is 7.22. The highest BCUT2D eigenvalue weighted by atomic mass is 79.9. The Kier molecular flexibility index (Phi) is 2.58. The molecule has 0 aromatic carbocycles. The first-order valence-corrected chi connectivity index (χ1v) is 6.55. The van der Waals surface area contributed by atoms with Crippen molar-refractivity contribution >= 4 is 15.9 Å². The summed E-state index contributed by atoms with van der Waals surface area (Å²) in [5.41, 5.74) is 4.64. The van der Waals surface area contributed by atoms with E-state index in [-0.39, 0.29) is 10.8 Å². The molecule has 0 atom stereocenters. The standard InChI is InChI=1S/C15H19Br/c1-14(2,3)12-6-7-15(4,5)13-9-10(16)8-11(12)13/h6-9H,1-5H3. The van der Waals surface area contributed by atoms with E-state index in [1.807, 2.05) is 0 Å². The van der Waals surface area contributed by atoms with Crippen molar-refractivity contribution in [1.29, 1.82) is 0 Å². The third kappa shape index (κ3) is 1.86. The molecule has 0 saturated carbocycles. The minimum atomic E-state index is 0.149. The summed E-state index contributed by atoms with van der Waals surface area (Å²) in [4.78, 5) is 0. The lowest BCUT2D eigenvalue weighted by molar-refractivity contribution is 0.498. The molecule has 0 aromatic heterocycles. The molecule has 1 heteroatoms. The second-order valence-corrected chi connectivity index (χ2v) is 7.14. The molecule has 2 rings (SSSR count). The van der Waals surface area contributed by atoms with Crippen molar-refractivity contribution < 1.29 is 0 Å². The number of fused-ring (bicyclic) bond motifs is 1. The maximum absolute atomic E-state index is 3.60. The average Bonchev–Trinajstić information content (AvgIpc) is 2.44. The first kappa shape index (κ1) is 11.9. The van der Waals surface area contributed by atoms with Crippen LogP contribution in [0.4, 0.5) is 0 Å². The Bertz CT molecular complexity index is 448. The monoisotopic (exact) mass is 278 g/mol. The van der Waals surface area contributed by atoms with Gasteiger partial charge in [-0.25, -0.2) is 0 Å². The Balaban J connectivity index is 2.62. The van der Waals surface area contributed by atoms with Gasteiger partial charge in [0.25, 0.3) is 0 Å². The van der Waals surface area contributed by atoms with Crippen molar-refractivity contribution in [3.8, 4) is 0 Å². The van der Waals surface area contributed by atoms with Crippen LogP contribution in [0.25, 0.3) is 0 Å². The molecule has 0 aromatic rings. The molecule has 0 unspecified atom stereocenters. The van der Waals surface area contributed by atoms with E-state index in [4.69, 9.17) is 0 Å². The van der Waals surface area contributed by atoms with Gasteiger partial charge in [-0.1, -0.05) is 62.7 Å². The number of halogens is 1. The highest BCUT2D eigenvalue weighted by Gasteiger charge is 2.33. The second kappa shape index (κ2) is 3.46. The summed E-state index contributed by atoms with van der Waals surface area (Å²) in [5, 5.41) is 0. The van der Waals surface area contributed by atoms with Crippen molar-refractivity contribution in [2.45, 2.75) is 34.6 Å². The van der Waals surface area contributed by atoms with Crippen LogP contribution in [-0.2, 0) is 0 Å². The predicted molar refractivity (Wildman–Crippen MR) is 74.5 cm³/mol. The van der Waals surface area contributed by atoms with Gasteiger partial charge < -0.3 is 0 Å². The lowest BCUT2D eigenvalue weighted by Crippen LogP contribution is -2.20. The van der Waals surface area contributed by atoms with Crippen LogP contribution in [0.1, 0.15) is 34.6 Å². The zero-order valence-corrected chi connectivity index (χ0v) is 12.3. The molecule has 0 spiro atoms. The molecular formula is C15H19Br. The Morgan fingerprint density at radius 3 is 2.31 bits per heavy atom. The van der Waals surface area contributed by atoms with Crippen LogP contribution >= 0.6 is 15.9 Å². The van der Waals surface area contributed by atoms with Gasteiger partial charge in [0, 0.05) is 9.90 Å². The summed E-state index contributed by atoms with van der Waals surface area (Å²) in [6.07, 6.45) is 9.13. The maximum Gasteiger partial charge on any atom is 0.0184 e. The number of rotatable bonds is 0. The summed E-state index contributed by atoms with van der Waals surface area (Å²) >= 11 is 3.60. The summed E-state index contributed by atoms with van der Waals surface area (Å²) < 4.78 is 1.19. The van der Waals surface area contributed by atoms with Gasteiger partial charge in [0.05, 0.1) is 0 Å². The van der Waals surface area contributed by atoms with Crippen LogP contribution in [-0.4, -0.2) is 0 Å². The molecule has 0 amide bonds. The van der Waals surface area contributed by atoms with Crippen molar-refractivity contribution in [3.63, 3.8) is 0 Å². The molecule has 0 aliphatic heterocycles. The van der Waals surface area contributed by atoms with Gasteiger partial charge in [0.1, 0.15) is 0 Å². The summed E-state index contributed by atoms with van der Waals surface area (Å²) in [6, 6.07) is 0. The van der Waals surface area contributed by atoms with Gasteiger partial charge in [0.15, 0.2) is 0 Å². The third-order valence-electron chi connectivity index (χ3n) is 3.31. The van der Waals surface area contributed by atoms with Crippen molar-refractivity contribution in [2.24, 2.45) is 10.8 Å². The molecule has 2 aliphatic rings. The fourth-order valence-electron chi connectivity index (χ4n) is 2.35. The summed E-state index contributed by atoms with van der Waals surface area (Å²) in [6.45, 7) is 11.4. The van der Waals surface area contributed by atoms with Crippen LogP contribution < -0.4 is 0 Å². The van der Waals surface area contributed by atoms with Gasteiger partial charge in [-0.15, -0.1) is 0 Å². The van der Waals surface area contributed by atoms with Crippen LogP contribution in [0.2, 0.25) is 0 Å². The SMILES string of the molecule is CC(C)(C)C1=C2C=C(Br)C=C2C(C)(C)C=C1. The molecule has 2 aliphatic carbocycles. The van der Waals surface area contributed by atoms with E-state index in [9.17, 15) is 0 Å². The Hall–Kier alpha value is -0.560. The molecule has 16 heavy (non-hydrogen) atoms. The third-order valence-corrected chi connectivity index (χ3v) is 3.77. The number of allylic oxidation sites excluding steroid dienone is 8. The molecule has 0 bridgehead atoms. The van der Waals surface area contributed by atoms with Crippen molar-refractivity contribution in [1.82, 2.24) is 0 Å². The highest BCUT2D eigenvalue weighted by Crippen LogP contribution is 2.48. The highest BCUT2D eigenvalue weighted by molar-refractivity contribution is 9.11. The lowest BCUT2D eigenvalue weighted by atomic mass is 9.71. The zero-order chi connectivity index (χ0) is 12.1. The van der Waals surface area contributed by atoms with E-state index in [1.54, 1.807) is 0 Å². The van der Waals surface area contributed by atoms with E-state index in [0.29, 0.717) is 0 Å². The Morgan fingerprint density at radius 2 is 1.75 bits per heavy atom. The molecule has 0 saturated heterocycles. The minimum Gasteiger partial charge on any atom is -0.0741 e. The van der Waals surface area contributed by atoms with Crippen molar-refractivity contribution in [3.05, 3.63) is 45.5 Å². The van der Waals surface area contributed by atoms with Gasteiger partial charge >= 0.3 is 0 Å². The topological polar surface area (TPSA) is 0 Å². The van der Waals surface area contributed by atoms with Crippen LogP contribution in [0.15, 0.2) is 45.5 Å². The Morgan fingerprint density at radius 1 is 1.12 bits per heavy atom. The molecule has 0 radical (unpaired) electrons. The smallest absolute Gasteiger partial charge is 0.0184 e. The number of hydrogen-bond donors (Lipinski definition) is 0. The second-order valence-electron chi connectivity index (χ2n) is 6.22. The van der Waals surface area contributed by atoms with Gasteiger partial charge in [-0.05, 0) is 34.3 Å². The summed E-state index contributed by atoms with van der Waals surface area (Å²) in [7, 11) is 0. The van der Waals surface area contributed by atoms with Gasteiger partial charge in [-0.2, -0.15) is 0 Å². The fourth-order valence-corrected chi connectivity index (χ4v) is 2.81. The van der Waals surface area contributed by atoms with E-state index < -0.39 is 0 Å². The molecule has 0 heterocycles. The zero-order valence-electron chi connectivity index (χ0n) is 10.7. The number of hydrogen-bond acceptors (Lipinski definition) is 0. The fraction of sp³-hybridized carbons (Fsp3) is 0.467. The quantitative estimate of drug-likeness (QED) is 0.575. The molecule has 86 valence electrons. The molecule has 0 fully saturated rings. The first-order valence-electron chi connectivity index (χ1n) is 5.75. The molecule has 0 nitrogen and oxygen atoms in total. The maximum atomic E-state index is 3.60. The van der Waals surface area contributed by atoms with Crippen LogP contribution in [0.3, 0.4) is 0 Å². The van der Waals surface area contributed by atoms with E-state index in [1.165, 1.54) is 21.2 Å². The largest absolute Gasteiger partial charge is 0.0741 e. The van der Waals surface area contributed by atoms with Crippen LogP contribution in [0, 0.1) is 10.8 Å². The van der Waals surface area contributed by atoms with Crippen LogP contribution in [0.5, 0.6) is 0 Å². The lowest BCUT2D eigenvalue weighted by Gasteiger charge is -2.33. The average molecular weight is 279 g/mol. The van der Waals surface area contributed by atoms with E-state index >= 15 is 0 Å². The molecular weight excluding hydrogens is 260 g/mol. The van der Waals surface area contributed by atoms with Gasteiger partial charge in [0.2, 0.25) is 0 Å². The van der Waals surface area contributed by atoms with E-state index in [0.717, 1.165) is 0 Å². The van der Waals surface area contributed by atoms with E-state index in [2.05, 4.69) is 74.9 Å². The minimum absolute atomic E-state index is 0.149. The normalized spacial score (nSPS) is 23.1. The van der Waals surface area contributed by atoms with Gasteiger partial charge in [-0.3, -0.25) is 0 Å². The molecule has 0 N–H and O–H groups in total.